The van der Waals surface area contributed by atoms with Gasteiger partial charge in [0, 0.05) is 24.6 Å². The Morgan fingerprint density at radius 3 is 2.65 bits per heavy atom. The first-order chi connectivity index (χ1) is 9.74. The number of carbonyl (C=O) groups is 1. The molecule has 0 spiro atoms. The van der Waals surface area contributed by atoms with Crippen LogP contribution < -0.4 is 0 Å². The third-order valence-electron chi connectivity index (χ3n) is 4.01. The summed E-state index contributed by atoms with van der Waals surface area (Å²) < 4.78 is 0. The minimum atomic E-state index is 0.159. The number of hydrogen-bond acceptors (Lipinski definition) is 1. The van der Waals surface area contributed by atoms with E-state index in [1.54, 1.807) is 0 Å². The zero-order chi connectivity index (χ0) is 13.9. The molecule has 0 radical (unpaired) electrons. The van der Waals surface area contributed by atoms with E-state index in [9.17, 15) is 4.79 Å². The summed E-state index contributed by atoms with van der Waals surface area (Å²) in [5.41, 5.74) is 3.28. The van der Waals surface area contributed by atoms with Gasteiger partial charge in [0.25, 0.3) is 5.91 Å². The smallest absolute Gasteiger partial charge is 0.253 e. The van der Waals surface area contributed by atoms with E-state index in [2.05, 4.69) is 24.3 Å². The predicted molar refractivity (Wildman–Crippen MR) is 80.9 cm³/mol. The van der Waals surface area contributed by atoms with Crippen LogP contribution >= 0.6 is 0 Å². The maximum atomic E-state index is 12.5. The highest BCUT2D eigenvalue weighted by Gasteiger charge is 2.27. The Morgan fingerprint density at radius 1 is 1.10 bits per heavy atom. The van der Waals surface area contributed by atoms with E-state index in [0.29, 0.717) is 5.92 Å². The van der Waals surface area contributed by atoms with Crippen LogP contribution in [0.15, 0.2) is 54.6 Å². The van der Waals surface area contributed by atoms with Gasteiger partial charge < -0.3 is 4.90 Å². The molecule has 0 N–H and O–H groups in total. The molecule has 2 heteroatoms. The van der Waals surface area contributed by atoms with Crippen molar-refractivity contribution in [2.75, 3.05) is 13.1 Å². The average Bonchev–Trinajstić information content (AvgIpc) is 2.97. The molecule has 2 nitrogen and oxygen atoms in total. The monoisotopic (exact) mass is 265 g/mol. The fourth-order valence-electron chi connectivity index (χ4n) is 2.90. The molecule has 0 bridgehead atoms. The van der Waals surface area contributed by atoms with Crippen LogP contribution in [0.5, 0.6) is 0 Å². The van der Waals surface area contributed by atoms with Crippen molar-refractivity contribution in [3.05, 3.63) is 71.3 Å². The van der Waals surface area contributed by atoms with Crippen LogP contribution in [0.3, 0.4) is 0 Å². The summed E-state index contributed by atoms with van der Waals surface area (Å²) in [7, 11) is 0. The van der Waals surface area contributed by atoms with Crippen molar-refractivity contribution >= 4 is 5.91 Å². The topological polar surface area (TPSA) is 20.3 Å². The van der Waals surface area contributed by atoms with Gasteiger partial charge in [-0.3, -0.25) is 4.79 Å². The molecular formula is C18H19NO. The van der Waals surface area contributed by atoms with Crippen LogP contribution in [0.1, 0.15) is 33.8 Å². The Hall–Kier alpha value is -2.09. The third-order valence-corrected chi connectivity index (χ3v) is 4.01. The van der Waals surface area contributed by atoms with Crippen LogP contribution in [-0.4, -0.2) is 23.9 Å². The summed E-state index contributed by atoms with van der Waals surface area (Å²) in [6.45, 7) is 3.71. The molecule has 0 aromatic heterocycles. The SMILES string of the molecule is Cc1cccc(C(=O)N2CCC(c3ccccc3)C2)c1. The number of benzene rings is 2. The van der Waals surface area contributed by atoms with Crippen molar-refractivity contribution in [1.29, 1.82) is 0 Å². The molecule has 1 saturated heterocycles. The molecule has 1 heterocycles. The molecule has 3 rings (SSSR count). The van der Waals surface area contributed by atoms with Crippen molar-refractivity contribution in [3.63, 3.8) is 0 Å². The Balaban J connectivity index is 1.73. The van der Waals surface area contributed by atoms with Crippen LogP contribution in [0.2, 0.25) is 0 Å². The zero-order valence-corrected chi connectivity index (χ0v) is 11.8. The average molecular weight is 265 g/mol. The summed E-state index contributed by atoms with van der Waals surface area (Å²) in [6, 6.07) is 18.3. The lowest BCUT2D eigenvalue weighted by molar-refractivity contribution is 0.0790. The lowest BCUT2D eigenvalue weighted by Crippen LogP contribution is -2.28. The van der Waals surface area contributed by atoms with Gasteiger partial charge >= 0.3 is 0 Å². The van der Waals surface area contributed by atoms with Gasteiger partial charge in [-0.25, -0.2) is 0 Å². The minimum Gasteiger partial charge on any atom is -0.338 e. The van der Waals surface area contributed by atoms with Crippen molar-refractivity contribution in [1.82, 2.24) is 4.90 Å². The number of aryl methyl sites for hydroxylation is 1. The first kappa shape index (κ1) is 12.9. The number of likely N-dealkylation sites (tertiary alicyclic amines) is 1. The second kappa shape index (κ2) is 5.49. The third kappa shape index (κ3) is 2.60. The second-order valence-electron chi connectivity index (χ2n) is 5.52. The van der Waals surface area contributed by atoms with Gasteiger partial charge in [-0.05, 0) is 31.0 Å². The standard InChI is InChI=1S/C18H19NO/c1-14-6-5-9-16(12-14)18(20)19-11-10-17(13-19)15-7-3-2-4-8-15/h2-9,12,17H,10-11,13H2,1H3. The van der Waals surface area contributed by atoms with Gasteiger partial charge in [-0.15, -0.1) is 0 Å². The molecule has 1 fully saturated rings. The van der Waals surface area contributed by atoms with Gasteiger partial charge in [0.1, 0.15) is 0 Å². The maximum Gasteiger partial charge on any atom is 0.253 e. The molecule has 1 unspecified atom stereocenters. The van der Waals surface area contributed by atoms with E-state index >= 15 is 0 Å². The largest absolute Gasteiger partial charge is 0.338 e. The zero-order valence-electron chi connectivity index (χ0n) is 11.8. The summed E-state index contributed by atoms with van der Waals surface area (Å²) in [6.07, 6.45) is 1.06. The molecule has 1 amide bonds. The van der Waals surface area contributed by atoms with E-state index < -0.39 is 0 Å². The van der Waals surface area contributed by atoms with Crippen LogP contribution in [0.4, 0.5) is 0 Å². The number of amides is 1. The molecule has 1 aliphatic rings. The molecule has 20 heavy (non-hydrogen) atoms. The number of carbonyl (C=O) groups excluding carboxylic acids is 1. The molecular weight excluding hydrogens is 246 g/mol. The molecule has 0 saturated carbocycles. The fourth-order valence-corrected chi connectivity index (χ4v) is 2.90. The molecule has 1 aliphatic heterocycles. The highest BCUT2D eigenvalue weighted by atomic mass is 16.2. The Kier molecular flexibility index (Phi) is 3.55. The van der Waals surface area contributed by atoms with Crippen molar-refractivity contribution in [2.24, 2.45) is 0 Å². The summed E-state index contributed by atoms with van der Waals surface area (Å²) in [4.78, 5) is 14.5. The quantitative estimate of drug-likeness (QED) is 0.812. The first-order valence-electron chi connectivity index (χ1n) is 7.15. The minimum absolute atomic E-state index is 0.159. The number of rotatable bonds is 2. The molecule has 2 aromatic rings. The van der Waals surface area contributed by atoms with E-state index in [0.717, 1.165) is 30.6 Å². The van der Waals surface area contributed by atoms with Crippen LogP contribution in [0, 0.1) is 6.92 Å². The summed E-state index contributed by atoms with van der Waals surface area (Å²) in [5, 5.41) is 0. The van der Waals surface area contributed by atoms with Gasteiger partial charge in [0.2, 0.25) is 0 Å². The predicted octanol–water partition coefficient (Wildman–Crippen LogP) is 3.62. The van der Waals surface area contributed by atoms with Crippen molar-refractivity contribution in [2.45, 2.75) is 19.3 Å². The van der Waals surface area contributed by atoms with Crippen LogP contribution in [0.25, 0.3) is 0 Å². The highest BCUT2D eigenvalue weighted by molar-refractivity contribution is 5.94. The first-order valence-corrected chi connectivity index (χ1v) is 7.15. The maximum absolute atomic E-state index is 12.5. The van der Waals surface area contributed by atoms with Gasteiger partial charge in [0.05, 0.1) is 0 Å². The normalized spacial score (nSPS) is 18.2. The van der Waals surface area contributed by atoms with Gasteiger partial charge in [-0.1, -0.05) is 48.0 Å². The summed E-state index contributed by atoms with van der Waals surface area (Å²) >= 11 is 0. The Labute approximate surface area is 120 Å². The Bertz CT molecular complexity index is 606. The number of nitrogens with zero attached hydrogens (tertiary/aromatic N) is 1. The van der Waals surface area contributed by atoms with Crippen LogP contribution in [-0.2, 0) is 0 Å². The van der Waals surface area contributed by atoms with E-state index in [4.69, 9.17) is 0 Å². The second-order valence-corrected chi connectivity index (χ2v) is 5.52. The molecule has 2 aromatic carbocycles. The van der Waals surface area contributed by atoms with Crippen molar-refractivity contribution < 1.29 is 4.79 Å². The lowest BCUT2D eigenvalue weighted by Gasteiger charge is -2.17. The summed E-state index contributed by atoms with van der Waals surface area (Å²) in [5.74, 6) is 0.636. The highest BCUT2D eigenvalue weighted by Crippen LogP contribution is 2.27. The molecule has 1 atom stereocenters. The van der Waals surface area contributed by atoms with E-state index in [1.807, 2.05) is 42.2 Å². The van der Waals surface area contributed by atoms with E-state index in [1.165, 1.54) is 5.56 Å². The Morgan fingerprint density at radius 2 is 1.90 bits per heavy atom. The van der Waals surface area contributed by atoms with E-state index in [-0.39, 0.29) is 5.91 Å². The number of hydrogen-bond donors (Lipinski definition) is 0. The lowest BCUT2D eigenvalue weighted by atomic mass is 9.99. The van der Waals surface area contributed by atoms with Gasteiger partial charge in [-0.2, -0.15) is 0 Å². The van der Waals surface area contributed by atoms with Gasteiger partial charge in [0.15, 0.2) is 0 Å². The fraction of sp³-hybridized carbons (Fsp3) is 0.278. The van der Waals surface area contributed by atoms with Crippen molar-refractivity contribution in [3.8, 4) is 0 Å². The molecule has 0 aliphatic carbocycles. The molecule has 102 valence electrons.